The van der Waals surface area contributed by atoms with Crippen molar-refractivity contribution in [3.63, 3.8) is 0 Å². The molecule has 0 saturated carbocycles. The summed E-state index contributed by atoms with van der Waals surface area (Å²) in [6, 6.07) is 10.2. The Kier molecular flexibility index (Phi) is 5.98. The summed E-state index contributed by atoms with van der Waals surface area (Å²) in [6.45, 7) is 0. The molecular formula is C9H11BrNP. The van der Waals surface area contributed by atoms with Gasteiger partial charge in [0, 0.05) is 6.42 Å². The van der Waals surface area contributed by atoms with Crippen molar-refractivity contribution in [3.05, 3.63) is 29.8 Å². The topological polar surface area (TPSA) is 23.8 Å². The van der Waals surface area contributed by atoms with E-state index >= 15 is 0 Å². The van der Waals surface area contributed by atoms with Crippen molar-refractivity contribution in [2.45, 2.75) is 12.8 Å². The van der Waals surface area contributed by atoms with Crippen LogP contribution in [0.25, 0.3) is 0 Å². The third-order valence-corrected chi connectivity index (χ3v) is 2.12. The van der Waals surface area contributed by atoms with E-state index in [1.54, 1.807) is 0 Å². The largest absolute Gasteiger partial charge is 0.198 e. The Labute approximate surface area is 85.8 Å². The van der Waals surface area contributed by atoms with Gasteiger partial charge in [-0.15, -0.1) is 26.2 Å². The van der Waals surface area contributed by atoms with Crippen LogP contribution in [0.3, 0.4) is 0 Å². The Hall–Kier alpha value is -0.380. The van der Waals surface area contributed by atoms with Crippen LogP contribution in [0, 0.1) is 11.3 Å². The first kappa shape index (κ1) is 11.6. The summed E-state index contributed by atoms with van der Waals surface area (Å²) in [5, 5.41) is 9.56. The maximum absolute atomic E-state index is 8.36. The number of rotatable bonds is 2. The number of halogens is 1. The molecule has 1 aromatic rings. The van der Waals surface area contributed by atoms with Crippen LogP contribution >= 0.6 is 26.2 Å². The van der Waals surface area contributed by atoms with E-state index in [-0.39, 0.29) is 17.0 Å². The first-order valence-corrected chi connectivity index (χ1v) is 4.12. The van der Waals surface area contributed by atoms with Crippen molar-refractivity contribution >= 4 is 31.5 Å². The highest BCUT2D eigenvalue weighted by atomic mass is 79.9. The molecule has 1 aromatic carbocycles. The zero-order valence-corrected chi connectivity index (χ0v) is 9.52. The molecule has 0 fully saturated rings. The summed E-state index contributed by atoms with van der Waals surface area (Å²) in [5.74, 6) is 0. The Morgan fingerprint density at radius 3 is 2.58 bits per heavy atom. The molecule has 64 valence electrons. The normalized spacial score (nSPS) is 8.33. The second kappa shape index (κ2) is 6.17. The molecule has 0 aliphatic carbocycles. The third-order valence-electron chi connectivity index (χ3n) is 1.56. The molecule has 0 bridgehead atoms. The molecule has 1 rings (SSSR count). The SMILES string of the molecule is Br.N#CCCc1ccccc1P. The van der Waals surface area contributed by atoms with Gasteiger partial charge in [-0.1, -0.05) is 24.3 Å². The lowest BCUT2D eigenvalue weighted by molar-refractivity contribution is 1.02. The highest BCUT2D eigenvalue weighted by Crippen LogP contribution is 2.02. The molecule has 12 heavy (non-hydrogen) atoms. The number of benzene rings is 1. The van der Waals surface area contributed by atoms with E-state index in [0.717, 1.165) is 6.42 Å². The van der Waals surface area contributed by atoms with Crippen LogP contribution in [0.5, 0.6) is 0 Å². The summed E-state index contributed by atoms with van der Waals surface area (Å²) in [6.07, 6.45) is 1.46. The number of aryl methyl sites for hydroxylation is 1. The molecule has 0 aliphatic heterocycles. The fourth-order valence-corrected chi connectivity index (χ4v) is 1.30. The Bertz CT molecular complexity index is 280. The highest BCUT2D eigenvalue weighted by molar-refractivity contribution is 8.93. The van der Waals surface area contributed by atoms with E-state index in [9.17, 15) is 0 Å². The van der Waals surface area contributed by atoms with Crippen molar-refractivity contribution in [1.82, 2.24) is 0 Å². The Balaban J connectivity index is 0.00000121. The van der Waals surface area contributed by atoms with Crippen LogP contribution in [-0.2, 0) is 6.42 Å². The van der Waals surface area contributed by atoms with Gasteiger partial charge < -0.3 is 0 Å². The van der Waals surface area contributed by atoms with E-state index in [1.807, 2.05) is 18.2 Å². The lowest BCUT2D eigenvalue weighted by atomic mass is 10.1. The van der Waals surface area contributed by atoms with Crippen molar-refractivity contribution in [3.8, 4) is 6.07 Å². The first-order valence-electron chi connectivity index (χ1n) is 3.55. The number of hydrogen-bond donors (Lipinski definition) is 0. The molecule has 0 amide bonds. The summed E-state index contributed by atoms with van der Waals surface area (Å²) >= 11 is 0. The van der Waals surface area contributed by atoms with Gasteiger partial charge in [-0.2, -0.15) is 5.26 Å². The number of nitrogens with zero attached hydrogens (tertiary/aromatic N) is 1. The smallest absolute Gasteiger partial charge is 0.0625 e. The van der Waals surface area contributed by atoms with E-state index in [4.69, 9.17) is 5.26 Å². The van der Waals surface area contributed by atoms with Crippen molar-refractivity contribution in [1.29, 1.82) is 5.26 Å². The van der Waals surface area contributed by atoms with Gasteiger partial charge in [-0.05, 0) is 17.3 Å². The summed E-state index contributed by atoms with van der Waals surface area (Å²) in [4.78, 5) is 0. The number of nitriles is 1. The van der Waals surface area contributed by atoms with Gasteiger partial charge in [-0.25, -0.2) is 0 Å². The number of hydrogen-bond acceptors (Lipinski definition) is 1. The first-order chi connectivity index (χ1) is 5.34. The van der Waals surface area contributed by atoms with Crippen LogP contribution in [0.1, 0.15) is 12.0 Å². The van der Waals surface area contributed by atoms with Gasteiger partial charge >= 0.3 is 0 Å². The van der Waals surface area contributed by atoms with Crippen LogP contribution < -0.4 is 5.30 Å². The predicted octanol–water partition coefficient (Wildman–Crippen LogP) is 2.22. The minimum Gasteiger partial charge on any atom is -0.198 e. The van der Waals surface area contributed by atoms with Gasteiger partial charge in [0.25, 0.3) is 0 Å². The lowest BCUT2D eigenvalue weighted by Crippen LogP contribution is -1.99. The van der Waals surface area contributed by atoms with Crippen molar-refractivity contribution in [2.75, 3.05) is 0 Å². The molecule has 1 nitrogen and oxygen atoms in total. The van der Waals surface area contributed by atoms with E-state index in [2.05, 4.69) is 21.4 Å². The zero-order chi connectivity index (χ0) is 8.10. The third kappa shape index (κ3) is 3.34. The van der Waals surface area contributed by atoms with Gasteiger partial charge in [0.1, 0.15) is 0 Å². The summed E-state index contributed by atoms with van der Waals surface area (Å²) < 4.78 is 0. The average molecular weight is 244 g/mol. The van der Waals surface area contributed by atoms with Gasteiger partial charge in [0.05, 0.1) is 6.07 Å². The minimum atomic E-state index is 0. The molecule has 0 radical (unpaired) electrons. The lowest BCUT2D eigenvalue weighted by Gasteiger charge is -2.00. The molecule has 0 heterocycles. The molecule has 0 saturated heterocycles. The highest BCUT2D eigenvalue weighted by Gasteiger charge is 1.94. The molecule has 0 aromatic heterocycles. The van der Waals surface area contributed by atoms with Gasteiger partial charge in [0.15, 0.2) is 0 Å². The quantitative estimate of drug-likeness (QED) is 0.732. The van der Waals surface area contributed by atoms with Crippen LogP contribution in [0.15, 0.2) is 24.3 Å². The second-order valence-electron chi connectivity index (χ2n) is 2.36. The van der Waals surface area contributed by atoms with Gasteiger partial charge in [0.2, 0.25) is 0 Å². The van der Waals surface area contributed by atoms with Crippen LogP contribution in [0.2, 0.25) is 0 Å². The average Bonchev–Trinajstić information content (AvgIpc) is 2.03. The fourth-order valence-electron chi connectivity index (χ4n) is 0.952. The summed E-state index contributed by atoms with van der Waals surface area (Å²) in [7, 11) is 2.67. The Morgan fingerprint density at radius 2 is 2.00 bits per heavy atom. The molecule has 0 aliphatic rings. The molecule has 1 atom stereocenters. The molecule has 0 spiro atoms. The molecular weight excluding hydrogens is 233 g/mol. The summed E-state index contributed by atoms with van der Waals surface area (Å²) in [5.41, 5.74) is 1.25. The van der Waals surface area contributed by atoms with Gasteiger partial charge in [-0.3, -0.25) is 0 Å². The predicted molar refractivity (Wildman–Crippen MR) is 60.0 cm³/mol. The molecule has 3 heteroatoms. The maximum atomic E-state index is 8.36. The maximum Gasteiger partial charge on any atom is 0.0625 e. The van der Waals surface area contributed by atoms with Crippen LogP contribution in [0.4, 0.5) is 0 Å². The monoisotopic (exact) mass is 243 g/mol. The fraction of sp³-hybridized carbons (Fsp3) is 0.222. The van der Waals surface area contributed by atoms with Crippen molar-refractivity contribution in [2.24, 2.45) is 0 Å². The molecule has 1 unspecified atom stereocenters. The second-order valence-corrected chi connectivity index (χ2v) is 2.98. The van der Waals surface area contributed by atoms with E-state index < -0.39 is 0 Å². The van der Waals surface area contributed by atoms with Crippen LogP contribution in [-0.4, -0.2) is 0 Å². The zero-order valence-electron chi connectivity index (χ0n) is 6.66. The van der Waals surface area contributed by atoms with Crippen molar-refractivity contribution < 1.29 is 0 Å². The standard InChI is InChI=1S/C9H10NP.BrH/c10-7-3-5-8-4-1-2-6-9(8)11;/h1-2,4,6H,3,5,11H2;1H. The minimum absolute atomic E-state index is 0. The molecule has 0 N–H and O–H groups in total. The van der Waals surface area contributed by atoms with E-state index in [0.29, 0.717) is 6.42 Å². The van der Waals surface area contributed by atoms with E-state index in [1.165, 1.54) is 10.9 Å². The Morgan fingerprint density at radius 1 is 1.33 bits per heavy atom.